The molecule has 3 N–H and O–H groups in total. The second-order valence-corrected chi connectivity index (χ2v) is 11.8. The summed E-state index contributed by atoms with van der Waals surface area (Å²) in [5, 5.41) is 23.4. The number of hydrogen-bond donors (Lipinski definition) is 3. The highest BCUT2D eigenvalue weighted by Gasteiger charge is 2.57. The van der Waals surface area contributed by atoms with Crippen molar-refractivity contribution < 1.29 is 14.2 Å². The minimum absolute atomic E-state index is 0.0289. The molecule has 3 aliphatic rings. The van der Waals surface area contributed by atoms with Gasteiger partial charge in [-0.3, -0.25) is 15.0 Å². The van der Waals surface area contributed by atoms with E-state index in [1.165, 1.54) is 0 Å². The summed E-state index contributed by atoms with van der Waals surface area (Å²) in [5.41, 5.74) is -1.53. The molecule has 212 valence electrons. The lowest BCUT2D eigenvalue weighted by molar-refractivity contribution is -0.154. The van der Waals surface area contributed by atoms with Crippen LogP contribution in [0.1, 0.15) is 38.5 Å². The highest BCUT2D eigenvalue weighted by atomic mass is 35.5. The maximum absolute atomic E-state index is 16.5. The molecule has 2 unspecified atom stereocenters. The van der Waals surface area contributed by atoms with E-state index in [1.54, 1.807) is 24.5 Å². The molecular formula is C28H31BClFN8O2. The Morgan fingerprint density at radius 2 is 1.98 bits per heavy atom. The van der Waals surface area contributed by atoms with Gasteiger partial charge in [0.1, 0.15) is 17.0 Å². The summed E-state index contributed by atoms with van der Waals surface area (Å²) in [6, 6.07) is 3.45. The van der Waals surface area contributed by atoms with Gasteiger partial charge in [-0.15, -0.1) is 0 Å². The largest absolute Gasteiger partial charge is 0.439 e. The molecule has 3 fully saturated rings. The summed E-state index contributed by atoms with van der Waals surface area (Å²) in [5.74, 6) is -0.157. The van der Waals surface area contributed by atoms with Gasteiger partial charge in [-0.2, -0.15) is 15.1 Å². The van der Waals surface area contributed by atoms with E-state index < -0.39 is 17.0 Å². The molecule has 41 heavy (non-hydrogen) atoms. The molecule has 3 aromatic heterocycles. The lowest BCUT2D eigenvalue weighted by Crippen LogP contribution is -2.62. The molecule has 6 heterocycles. The number of aromatic nitrogens is 5. The summed E-state index contributed by atoms with van der Waals surface area (Å²) < 4.78 is 22.6. The fourth-order valence-corrected chi connectivity index (χ4v) is 7.26. The minimum Gasteiger partial charge on any atom is -0.439 e. The predicted octanol–water partition coefficient (Wildman–Crippen LogP) is 3.37. The molecule has 10 nitrogen and oxygen atoms in total. The molecule has 4 aromatic rings. The van der Waals surface area contributed by atoms with Crippen molar-refractivity contribution >= 4 is 47.1 Å². The number of halogens is 2. The van der Waals surface area contributed by atoms with Crippen molar-refractivity contribution in [1.82, 2.24) is 35.4 Å². The topological polar surface area (TPSA) is 115 Å². The number of hydrogen-bond acceptors (Lipinski definition) is 9. The fourth-order valence-electron chi connectivity index (χ4n) is 7.04. The summed E-state index contributed by atoms with van der Waals surface area (Å²) >= 11 is 6.36. The van der Waals surface area contributed by atoms with E-state index >= 15 is 4.39 Å². The number of anilines is 1. The van der Waals surface area contributed by atoms with Gasteiger partial charge in [0.25, 0.3) is 0 Å². The predicted molar refractivity (Wildman–Crippen MR) is 156 cm³/mol. The van der Waals surface area contributed by atoms with Crippen molar-refractivity contribution in [2.45, 2.75) is 55.8 Å². The monoisotopic (exact) mass is 576 g/mol. The Kier molecular flexibility index (Phi) is 6.57. The van der Waals surface area contributed by atoms with Crippen LogP contribution in [0.5, 0.6) is 6.01 Å². The van der Waals surface area contributed by atoms with Crippen molar-refractivity contribution in [2.24, 2.45) is 0 Å². The molecule has 3 saturated heterocycles. The maximum Gasteiger partial charge on any atom is 0.321 e. The number of aliphatic hydroxyl groups is 1. The Bertz CT molecular complexity index is 1620. The Labute approximate surface area is 243 Å². The molecule has 0 amide bonds. The van der Waals surface area contributed by atoms with E-state index in [1.807, 2.05) is 7.05 Å². The Morgan fingerprint density at radius 1 is 1.17 bits per heavy atom. The molecule has 7 rings (SSSR count). The highest BCUT2D eigenvalue weighted by molar-refractivity contribution is 6.31. The third-order valence-corrected chi connectivity index (χ3v) is 9.33. The summed E-state index contributed by atoms with van der Waals surface area (Å²) in [7, 11) is 8.46. The zero-order valence-electron chi connectivity index (χ0n) is 22.8. The third kappa shape index (κ3) is 4.34. The van der Waals surface area contributed by atoms with Crippen molar-refractivity contribution in [3.05, 3.63) is 35.4 Å². The molecule has 1 aromatic carbocycles. The molecule has 13 heteroatoms. The number of benzene rings is 1. The van der Waals surface area contributed by atoms with Crippen LogP contribution in [-0.4, -0.2) is 93.5 Å². The number of piperidine rings is 1. The fraction of sp³-hybridized carbons (Fsp3) is 0.500. The highest BCUT2D eigenvalue weighted by Crippen LogP contribution is 2.46. The molecule has 0 spiro atoms. The first-order valence-electron chi connectivity index (χ1n) is 14.2. The number of nitrogens with one attached hydrogen (secondary N) is 2. The van der Waals surface area contributed by atoms with E-state index in [0.29, 0.717) is 52.1 Å². The van der Waals surface area contributed by atoms with E-state index in [2.05, 4.69) is 35.3 Å². The van der Waals surface area contributed by atoms with Gasteiger partial charge in [0, 0.05) is 41.3 Å². The van der Waals surface area contributed by atoms with E-state index in [-0.39, 0.29) is 23.3 Å². The lowest BCUT2D eigenvalue weighted by atomic mass is 9.73. The third-order valence-electron chi connectivity index (χ3n) is 9.11. The number of pyridine rings is 1. The number of H-pyrrole nitrogens is 1. The molecule has 2 radical (unpaired) electrons. The number of rotatable bonds is 6. The number of nitrogens with zero attached hydrogens (tertiary/aromatic N) is 6. The smallest absolute Gasteiger partial charge is 0.321 e. The van der Waals surface area contributed by atoms with Crippen molar-refractivity contribution in [1.29, 1.82) is 0 Å². The van der Waals surface area contributed by atoms with Crippen LogP contribution in [-0.2, 0) is 0 Å². The van der Waals surface area contributed by atoms with Gasteiger partial charge in [0.2, 0.25) is 0 Å². The van der Waals surface area contributed by atoms with Gasteiger partial charge < -0.3 is 20.1 Å². The van der Waals surface area contributed by atoms with E-state index in [9.17, 15) is 5.11 Å². The minimum atomic E-state index is -2.05. The first-order valence-corrected chi connectivity index (χ1v) is 14.5. The van der Waals surface area contributed by atoms with Crippen LogP contribution in [0, 0.1) is 5.82 Å². The van der Waals surface area contributed by atoms with Gasteiger partial charge in [0.15, 0.2) is 19.3 Å². The quantitative estimate of drug-likeness (QED) is 0.235. The number of fused-ring (bicyclic) bond motifs is 3. The van der Waals surface area contributed by atoms with Gasteiger partial charge in [0.05, 0.1) is 22.6 Å². The Morgan fingerprint density at radius 3 is 2.76 bits per heavy atom. The van der Waals surface area contributed by atoms with Crippen LogP contribution in [0.15, 0.2) is 24.5 Å². The van der Waals surface area contributed by atoms with Crippen molar-refractivity contribution in [3.63, 3.8) is 0 Å². The first kappa shape index (κ1) is 26.8. The summed E-state index contributed by atoms with van der Waals surface area (Å²) in [6.07, 6.45) is 8.39. The molecular weight excluding hydrogens is 546 g/mol. The zero-order chi connectivity index (χ0) is 28.4. The van der Waals surface area contributed by atoms with Crippen molar-refractivity contribution in [2.75, 3.05) is 38.1 Å². The van der Waals surface area contributed by atoms with Crippen LogP contribution in [0.3, 0.4) is 0 Å². The second-order valence-electron chi connectivity index (χ2n) is 11.4. The summed E-state index contributed by atoms with van der Waals surface area (Å²) in [4.78, 5) is 18.0. The van der Waals surface area contributed by atoms with E-state index in [0.717, 1.165) is 45.3 Å². The normalized spacial score (nSPS) is 22.3. The number of aromatic amines is 1. The molecule has 0 aliphatic carbocycles. The van der Waals surface area contributed by atoms with Crippen molar-refractivity contribution in [3.8, 4) is 17.3 Å². The first-order chi connectivity index (χ1) is 19.8. The molecule has 2 atom stereocenters. The molecule has 3 aliphatic heterocycles. The molecule has 0 saturated carbocycles. The van der Waals surface area contributed by atoms with Gasteiger partial charge in [-0.25, -0.2) is 4.39 Å². The lowest BCUT2D eigenvalue weighted by Gasteiger charge is -2.44. The SMILES string of the molecule is [B]C(O)(Oc1nc(N2CCCC(NC)C2)c2cnc(-c3cc(Cl)cc4[nH]ncc34)c(F)c2n1)C12CCCN1CCC2. The van der Waals surface area contributed by atoms with Crippen LogP contribution >= 0.6 is 11.6 Å². The van der Waals surface area contributed by atoms with Crippen LogP contribution in [0.2, 0.25) is 5.02 Å². The Balaban J connectivity index is 1.38. The Hall–Kier alpha value is -3.06. The maximum atomic E-state index is 16.5. The number of likely N-dealkylation sites (N-methyl/N-ethyl adjacent to an activating group) is 1. The number of ether oxygens (including phenoxy) is 1. The second kappa shape index (κ2) is 10.0. The van der Waals surface area contributed by atoms with Crippen LogP contribution < -0.4 is 15.0 Å². The summed E-state index contributed by atoms with van der Waals surface area (Å²) in [6.45, 7) is 3.08. The van der Waals surface area contributed by atoms with Gasteiger partial charge >= 0.3 is 6.01 Å². The van der Waals surface area contributed by atoms with Crippen LogP contribution in [0.25, 0.3) is 33.1 Å². The van der Waals surface area contributed by atoms with Gasteiger partial charge in [-0.05, 0) is 70.8 Å². The standard InChI is InChI=1S/C28H31BClFN8O2/c1-32-17-5-2-8-38(15-17)25-20-13-33-23(18-11-16(30)12-21-19(18)14-34-37-21)22(31)24(20)35-26(36-25)41-28(29,40)27-6-3-9-39(27)10-4-7-27/h11-14,17,32,40H,2-10,15H2,1H3,(H,34,37). The van der Waals surface area contributed by atoms with Crippen LogP contribution in [0.4, 0.5) is 10.2 Å². The van der Waals surface area contributed by atoms with E-state index in [4.69, 9.17) is 29.2 Å². The van der Waals surface area contributed by atoms with Gasteiger partial charge in [-0.1, -0.05) is 11.6 Å². The zero-order valence-corrected chi connectivity index (χ0v) is 23.6. The average molecular weight is 577 g/mol. The average Bonchev–Trinajstić information content (AvgIpc) is 3.69. The molecule has 0 bridgehead atoms.